The summed E-state index contributed by atoms with van der Waals surface area (Å²) in [4.78, 5) is 2.32. The van der Waals surface area contributed by atoms with Crippen LogP contribution in [0.15, 0.2) is 237 Å². The molecule has 4 heteroatoms. The molecule has 0 saturated carbocycles. The minimum Gasteiger partial charge on any atom is -0.356 e. The molecule has 0 radical (unpaired) electrons. The summed E-state index contributed by atoms with van der Waals surface area (Å²) >= 11 is 0. The average Bonchev–Trinajstić information content (AvgIpc) is 3.29. The van der Waals surface area contributed by atoms with Crippen LogP contribution in [-0.2, 0) is 0 Å². The lowest BCUT2D eigenvalue weighted by atomic mass is 10.0. The average molecular weight is 747 g/mol. The lowest BCUT2D eigenvalue weighted by Crippen LogP contribution is -2.09. The van der Waals surface area contributed by atoms with Gasteiger partial charge in [0.05, 0.1) is 0 Å². The van der Waals surface area contributed by atoms with Crippen LogP contribution in [0.1, 0.15) is 0 Å². The predicted molar refractivity (Wildman–Crippen MR) is 247 cm³/mol. The number of anilines is 9. The van der Waals surface area contributed by atoms with Crippen molar-refractivity contribution in [3.05, 3.63) is 237 Å². The van der Waals surface area contributed by atoms with E-state index in [9.17, 15) is 0 Å². The molecule has 0 aliphatic rings. The van der Waals surface area contributed by atoms with Gasteiger partial charge in [-0.05, 0) is 143 Å². The summed E-state index contributed by atoms with van der Waals surface area (Å²) in [5, 5.41) is 10.4. The Labute approximate surface area is 340 Å². The van der Waals surface area contributed by atoms with Crippen molar-refractivity contribution in [1.82, 2.24) is 0 Å². The van der Waals surface area contributed by atoms with E-state index in [2.05, 4.69) is 203 Å². The summed E-state index contributed by atoms with van der Waals surface area (Å²) in [6, 6.07) is 83.1. The van der Waals surface area contributed by atoms with Gasteiger partial charge in [0.15, 0.2) is 0 Å². The Morgan fingerprint density at radius 3 is 0.603 bits per heavy atom. The molecule has 58 heavy (non-hydrogen) atoms. The molecule has 0 unspecified atom stereocenters. The van der Waals surface area contributed by atoms with E-state index >= 15 is 0 Å². The smallest absolute Gasteiger partial charge is 0.0462 e. The normalized spacial score (nSPS) is 10.8. The summed E-state index contributed by atoms with van der Waals surface area (Å²) in [5.74, 6) is 0. The monoisotopic (exact) mass is 746 g/mol. The molecule has 0 aliphatic heterocycles. The summed E-state index contributed by atoms with van der Waals surface area (Å²) in [7, 11) is 0. The van der Waals surface area contributed by atoms with Crippen LogP contribution in [0.2, 0.25) is 0 Å². The van der Waals surface area contributed by atoms with Crippen LogP contribution in [0.3, 0.4) is 0 Å². The second-order valence-electron chi connectivity index (χ2n) is 14.2. The molecule has 0 saturated heterocycles. The van der Waals surface area contributed by atoms with Gasteiger partial charge in [-0.1, -0.05) is 127 Å². The van der Waals surface area contributed by atoms with E-state index in [1.165, 1.54) is 16.7 Å². The third kappa shape index (κ3) is 8.52. The second-order valence-corrected chi connectivity index (χ2v) is 14.2. The largest absolute Gasteiger partial charge is 0.356 e. The quantitative estimate of drug-likeness (QED) is 0.116. The van der Waals surface area contributed by atoms with Gasteiger partial charge in [0, 0.05) is 51.2 Å². The third-order valence-electron chi connectivity index (χ3n) is 10.2. The van der Waals surface area contributed by atoms with E-state index < -0.39 is 0 Å². The molecule has 9 aromatic carbocycles. The molecule has 4 nitrogen and oxygen atoms in total. The molecule has 278 valence electrons. The molecular weight excluding hydrogens is 705 g/mol. The van der Waals surface area contributed by atoms with Crippen LogP contribution in [0.25, 0.3) is 33.4 Å². The maximum atomic E-state index is 3.48. The highest BCUT2D eigenvalue weighted by molar-refractivity contribution is 5.82. The van der Waals surface area contributed by atoms with Crippen LogP contribution in [-0.4, -0.2) is 0 Å². The first-order valence-electron chi connectivity index (χ1n) is 19.6. The Balaban J connectivity index is 0.975. The number of nitrogens with one attached hydrogen (secondary N) is 3. The van der Waals surface area contributed by atoms with E-state index in [0.717, 1.165) is 67.9 Å². The van der Waals surface area contributed by atoms with Crippen molar-refractivity contribution >= 4 is 51.2 Å². The highest BCUT2D eigenvalue weighted by Gasteiger charge is 2.14. The van der Waals surface area contributed by atoms with E-state index in [1.54, 1.807) is 0 Å². The van der Waals surface area contributed by atoms with E-state index in [4.69, 9.17) is 0 Å². The number of rotatable bonds is 12. The van der Waals surface area contributed by atoms with Gasteiger partial charge >= 0.3 is 0 Å². The summed E-state index contributed by atoms with van der Waals surface area (Å²) in [6.45, 7) is 0. The van der Waals surface area contributed by atoms with Gasteiger partial charge < -0.3 is 20.9 Å². The standard InChI is InChI=1S/C54H42N4/c1-4-10-46(11-5-1)55-49-28-16-40(17-29-49)43-22-34-52(35-23-43)58(53-36-24-44(25-37-53)41-18-30-50(31-19-41)56-47-12-6-2-7-13-47)54-38-26-45(27-39-54)42-20-32-51(33-21-42)57-48-14-8-3-9-15-48/h1-39,55-57H. The van der Waals surface area contributed by atoms with E-state index in [1.807, 2.05) is 54.6 Å². The first kappa shape index (κ1) is 35.9. The van der Waals surface area contributed by atoms with Crippen LogP contribution >= 0.6 is 0 Å². The van der Waals surface area contributed by atoms with E-state index in [0.29, 0.717) is 0 Å². The van der Waals surface area contributed by atoms with Gasteiger partial charge in [-0.3, -0.25) is 0 Å². The Morgan fingerprint density at radius 1 is 0.190 bits per heavy atom. The molecule has 0 atom stereocenters. The molecule has 0 aliphatic carbocycles. The number of benzene rings is 9. The fourth-order valence-corrected chi connectivity index (χ4v) is 7.16. The SMILES string of the molecule is c1ccc(Nc2ccc(-c3ccc(N(c4ccc(-c5ccc(Nc6ccccc6)cc5)cc4)c4ccc(-c5ccc(Nc6ccccc6)cc5)cc4)cc3)cc2)cc1. The van der Waals surface area contributed by atoms with Crippen molar-refractivity contribution in [2.45, 2.75) is 0 Å². The van der Waals surface area contributed by atoms with Gasteiger partial charge in [-0.25, -0.2) is 0 Å². The maximum absolute atomic E-state index is 3.48. The number of hydrogen-bond donors (Lipinski definition) is 3. The first-order valence-corrected chi connectivity index (χ1v) is 19.6. The first-order chi connectivity index (χ1) is 28.7. The van der Waals surface area contributed by atoms with Gasteiger partial charge in [-0.2, -0.15) is 0 Å². The Morgan fingerprint density at radius 2 is 0.379 bits per heavy atom. The van der Waals surface area contributed by atoms with Crippen molar-refractivity contribution in [1.29, 1.82) is 0 Å². The molecular formula is C54H42N4. The number of para-hydroxylation sites is 3. The Bertz CT molecular complexity index is 2360. The molecule has 0 bridgehead atoms. The zero-order chi connectivity index (χ0) is 38.9. The zero-order valence-electron chi connectivity index (χ0n) is 32.0. The Hall–Kier alpha value is -7.82. The number of hydrogen-bond acceptors (Lipinski definition) is 4. The van der Waals surface area contributed by atoms with Crippen LogP contribution in [0.4, 0.5) is 51.2 Å². The van der Waals surface area contributed by atoms with Gasteiger partial charge in [0.1, 0.15) is 0 Å². The second kappa shape index (κ2) is 16.9. The van der Waals surface area contributed by atoms with Crippen LogP contribution < -0.4 is 20.9 Å². The molecule has 3 N–H and O–H groups in total. The highest BCUT2D eigenvalue weighted by atomic mass is 15.1. The molecule has 0 amide bonds. The topological polar surface area (TPSA) is 39.3 Å². The molecule has 0 fully saturated rings. The third-order valence-corrected chi connectivity index (χ3v) is 10.2. The van der Waals surface area contributed by atoms with Crippen molar-refractivity contribution in [3.8, 4) is 33.4 Å². The van der Waals surface area contributed by atoms with Gasteiger partial charge in [0.2, 0.25) is 0 Å². The van der Waals surface area contributed by atoms with Crippen LogP contribution in [0.5, 0.6) is 0 Å². The lowest BCUT2D eigenvalue weighted by molar-refractivity contribution is 1.28. The fraction of sp³-hybridized carbons (Fsp3) is 0. The van der Waals surface area contributed by atoms with E-state index in [-0.39, 0.29) is 0 Å². The minimum atomic E-state index is 1.06. The van der Waals surface area contributed by atoms with Crippen molar-refractivity contribution in [3.63, 3.8) is 0 Å². The van der Waals surface area contributed by atoms with Crippen molar-refractivity contribution in [2.75, 3.05) is 20.9 Å². The summed E-state index contributed by atoms with van der Waals surface area (Å²) < 4.78 is 0. The lowest BCUT2D eigenvalue weighted by Gasteiger charge is -2.26. The molecule has 0 aromatic heterocycles. The Kier molecular flexibility index (Phi) is 10.5. The molecule has 9 rings (SSSR count). The molecule has 9 aromatic rings. The summed E-state index contributed by atoms with van der Waals surface area (Å²) in [5.41, 5.74) is 16.6. The fourth-order valence-electron chi connectivity index (χ4n) is 7.16. The van der Waals surface area contributed by atoms with Crippen molar-refractivity contribution in [2.24, 2.45) is 0 Å². The van der Waals surface area contributed by atoms with Gasteiger partial charge in [-0.15, -0.1) is 0 Å². The predicted octanol–water partition coefficient (Wildman–Crippen LogP) is 15.4. The highest BCUT2D eigenvalue weighted by Crippen LogP contribution is 2.38. The zero-order valence-corrected chi connectivity index (χ0v) is 32.0. The van der Waals surface area contributed by atoms with Crippen LogP contribution in [0, 0.1) is 0 Å². The van der Waals surface area contributed by atoms with Crippen molar-refractivity contribution < 1.29 is 0 Å². The minimum absolute atomic E-state index is 1.06. The molecule has 0 heterocycles. The summed E-state index contributed by atoms with van der Waals surface area (Å²) in [6.07, 6.45) is 0. The van der Waals surface area contributed by atoms with Gasteiger partial charge in [0.25, 0.3) is 0 Å². The maximum Gasteiger partial charge on any atom is 0.0462 e. The number of nitrogens with zero attached hydrogens (tertiary/aromatic N) is 1. The molecule has 0 spiro atoms.